The Balaban J connectivity index is 3.94. The lowest BCUT2D eigenvalue weighted by molar-refractivity contribution is 0.155. The molecule has 0 aliphatic heterocycles. The highest BCUT2D eigenvalue weighted by atomic mass is 35.5. The molecule has 0 unspecified atom stereocenters. The van der Waals surface area contributed by atoms with Gasteiger partial charge < -0.3 is 4.74 Å². The van der Waals surface area contributed by atoms with Crippen molar-refractivity contribution in [3.63, 3.8) is 0 Å². The van der Waals surface area contributed by atoms with Gasteiger partial charge in [-0.3, -0.25) is 4.90 Å². The molecule has 0 aromatic rings. The van der Waals surface area contributed by atoms with E-state index >= 15 is 0 Å². The molecule has 92 valence electrons. The zero-order valence-electron chi connectivity index (χ0n) is 9.41. The van der Waals surface area contributed by atoms with Gasteiger partial charge in [0.05, 0.1) is 12.4 Å². The van der Waals surface area contributed by atoms with Gasteiger partial charge >= 0.3 is 0 Å². The lowest BCUT2D eigenvalue weighted by Gasteiger charge is -2.20. The molecule has 0 aromatic carbocycles. The van der Waals surface area contributed by atoms with E-state index in [1.807, 2.05) is 4.90 Å². The molecule has 0 radical (unpaired) electrons. The lowest BCUT2D eigenvalue weighted by atomic mass is 10.5. The molecule has 0 bridgehead atoms. The fraction of sp³-hybridized carbons (Fsp3) is 1.00. The first-order valence-corrected chi connectivity index (χ1v) is 7.39. The second kappa shape index (κ2) is 8.33. The Labute approximate surface area is 97.5 Å². The summed E-state index contributed by atoms with van der Waals surface area (Å²) in [6.07, 6.45) is 0. The molecule has 0 amide bonds. The molecule has 0 rings (SSSR count). The molecular weight excluding hydrogens is 238 g/mol. The SMILES string of the molecule is CCS(=O)(=O)CCN(CCCl)CCOC. The summed E-state index contributed by atoms with van der Waals surface area (Å²) in [7, 11) is -1.26. The molecule has 15 heavy (non-hydrogen) atoms. The fourth-order valence-electron chi connectivity index (χ4n) is 1.09. The van der Waals surface area contributed by atoms with Crippen LogP contribution in [0.4, 0.5) is 0 Å². The molecule has 4 nitrogen and oxygen atoms in total. The van der Waals surface area contributed by atoms with E-state index in [4.69, 9.17) is 16.3 Å². The number of methoxy groups -OCH3 is 1. The highest BCUT2D eigenvalue weighted by molar-refractivity contribution is 7.91. The predicted octanol–water partition coefficient (Wildman–Crippen LogP) is 0.608. The largest absolute Gasteiger partial charge is 0.383 e. The summed E-state index contributed by atoms with van der Waals surface area (Å²) in [4.78, 5) is 2.00. The average Bonchev–Trinajstić information content (AvgIpc) is 2.22. The molecule has 0 spiro atoms. The number of alkyl halides is 1. The smallest absolute Gasteiger partial charge is 0.151 e. The molecule has 6 heteroatoms. The van der Waals surface area contributed by atoms with Crippen LogP contribution in [0.1, 0.15) is 6.92 Å². The Morgan fingerprint density at radius 2 is 1.93 bits per heavy atom. The number of hydrogen-bond acceptors (Lipinski definition) is 4. The van der Waals surface area contributed by atoms with Crippen molar-refractivity contribution in [1.29, 1.82) is 0 Å². The van der Waals surface area contributed by atoms with Crippen LogP contribution in [0.2, 0.25) is 0 Å². The third-order valence-electron chi connectivity index (χ3n) is 2.17. The van der Waals surface area contributed by atoms with Gasteiger partial charge in [-0.25, -0.2) is 8.42 Å². The van der Waals surface area contributed by atoms with Crippen LogP contribution in [0.3, 0.4) is 0 Å². The van der Waals surface area contributed by atoms with Gasteiger partial charge in [-0.2, -0.15) is 0 Å². The van der Waals surface area contributed by atoms with Gasteiger partial charge in [-0.05, 0) is 0 Å². The highest BCUT2D eigenvalue weighted by Gasteiger charge is 2.11. The summed E-state index contributed by atoms with van der Waals surface area (Å²) in [6, 6.07) is 0. The molecule has 0 aliphatic rings. The Hall–Kier alpha value is 0.160. The Bertz CT molecular complexity index is 244. The van der Waals surface area contributed by atoms with E-state index < -0.39 is 9.84 Å². The Morgan fingerprint density at radius 3 is 2.40 bits per heavy atom. The third-order valence-corrected chi connectivity index (χ3v) is 4.02. The monoisotopic (exact) mass is 257 g/mol. The average molecular weight is 258 g/mol. The van der Waals surface area contributed by atoms with Gasteiger partial charge in [0, 0.05) is 38.4 Å². The van der Waals surface area contributed by atoms with Crippen molar-refractivity contribution >= 4 is 21.4 Å². The number of halogens is 1. The van der Waals surface area contributed by atoms with Gasteiger partial charge in [0.15, 0.2) is 9.84 Å². The van der Waals surface area contributed by atoms with Crippen molar-refractivity contribution in [2.24, 2.45) is 0 Å². The van der Waals surface area contributed by atoms with Crippen molar-refractivity contribution < 1.29 is 13.2 Å². The van der Waals surface area contributed by atoms with E-state index in [0.717, 1.165) is 6.54 Å². The molecule has 0 heterocycles. The van der Waals surface area contributed by atoms with Gasteiger partial charge in [-0.1, -0.05) is 6.92 Å². The predicted molar refractivity (Wildman–Crippen MR) is 63.4 cm³/mol. The van der Waals surface area contributed by atoms with Gasteiger partial charge in [0.25, 0.3) is 0 Å². The minimum Gasteiger partial charge on any atom is -0.383 e. The van der Waals surface area contributed by atoms with E-state index in [1.54, 1.807) is 14.0 Å². The zero-order chi connectivity index (χ0) is 11.7. The maximum Gasteiger partial charge on any atom is 0.151 e. The summed E-state index contributed by atoms with van der Waals surface area (Å²) < 4.78 is 27.5. The molecular formula is C9H20ClNO3S. The molecule has 0 fully saturated rings. The van der Waals surface area contributed by atoms with Crippen LogP contribution in [0.25, 0.3) is 0 Å². The van der Waals surface area contributed by atoms with Crippen molar-refractivity contribution in [1.82, 2.24) is 4.90 Å². The number of rotatable bonds is 9. The second-order valence-electron chi connectivity index (χ2n) is 3.26. The van der Waals surface area contributed by atoms with Crippen molar-refractivity contribution in [2.75, 3.05) is 50.7 Å². The van der Waals surface area contributed by atoms with Crippen LogP contribution in [0.5, 0.6) is 0 Å². The third kappa shape index (κ3) is 8.02. The van der Waals surface area contributed by atoms with Crippen molar-refractivity contribution in [3.8, 4) is 0 Å². The van der Waals surface area contributed by atoms with E-state index in [-0.39, 0.29) is 11.5 Å². The van der Waals surface area contributed by atoms with Crippen LogP contribution < -0.4 is 0 Å². The standard InChI is InChI=1S/C9H20ClNO3S/c1-3-15(12,13)9-7-11(5-4-10)6-8-14-2/h3-9H2,1-2H3. The summed E-state index contributed by atoms with van der Waals surface area (Å²) in [6.45, 7) is 4.22. The molecule has 0 atom stereocenters. The minimum absolute atomic E-state index is 0.199. The number of ether oxygens (including phenoxy) is 1. The molecule has 0 aliphatic carbocycles. The fourth-order valence-corrected chi connectivity index (χ4v) is 2.15. The van der Waals surface area contributed by atoms with E-state index in [1.165, 1.54) is 0 Å². The lowest BCUT2D eigenvalue weighted by Crippen LogP contribution is -2.34. The van der Waals surface area contributed by atoms with E-state index in [2.05, 4.69) is 0 Å². The summed E-state index contributed by atoms with van der Waals surface area (Å²) in [5, 5.41) is 0. The van der Waals surface area contributed by atoms with Crippen LogP contribution in [-0.4, -0.2) is 64.1 Å². The van der Waals surface area contributed by atoms with Gasteiger partial charge in [0.2, 0.25) is 0 Å². The topological polar surface area (TPSA) is 46.6 Å². The normalized spacial score (nSPS) is 12.3. The van der Waals surface area contributed by atoms with Crippen molar-refractivity contribution in [3.05, 3.63) is 0 Å². The molecule has 0 N–H and O–H groups in total. The first-order chi connectivity index (χ1) is 7.05. The summed E-state index contributed by atoms with van der Waals surface area (Å²) in [5.41, 5.74) is 0. The number of sulfone groups is 1. The van der Waals surface area contributed by atoms with Gasteiger partial charge in [0.1, 0.15) is 0 Å². The van der Waals surface area contributed by atoms with E-state index in [9.17, 15) is 8.42 Å². The molecule has 0 aromatic heterocycles. The highest BCUT2D eigenvalue weighted by Crippen LogP contribution is 1.95. The summed E-state index contributed by atoms with van der Waals surface area (Å²) >= 11 is 5.63. The van der Waals surface area contributed by atoms with Crippen LogP contribution in [0, 0.1) is 0 Å². The minimum atomic E-state index is -2.88. The first-order valence-electron chi connectivity index (χ1n) is 5.03. The maximum absolute atomic E-state index is 11.3. The molecule has 0 saturated carbocycles. The van der Waals surface area contributed by atoms with E-state index in [0.29, 0.717) is 25.6 Å². The summed E-state index contributed by atoms with van der Waals surface area (Å²) in [5.74, 6) is 0.909. The van der Waals surface area contributed by atoms with Gasteiger partial charge in [-0.15, -0.1) is 11.6 Å². The zero-order valence-corrected chi connectivity index (χ0v) is 11.0. The number of hydrogen-bond donors (Lipinski definition) is 0. The Kier molecular flexibility index (Phi) is 8.42. The van der Waals surface area contributed by atoms with Crippen LogP contribution >= 0.6 is 11.6 Å². The second-order valence-corrected chi connectivity index (χ2v) is 6.11. The van der Waals surface area contributed by atoms with Crippen molar-refractivity contribution in [2.45, 2.75) is 6.92 Å². The maximum atomic E-state index is 11.3. The molecule has 0 saturated heterocycles. The van der Waals surface area contributed by atoms with Crippen LogP contribution in [0.15, 0.2) is 0 Å². The number of nitrogens with zero attached hydrogens (tertiary/aromatic N) is 1. The quantitative estimate of drug-likeness (QED) is 0.568. The van der Waals surface area contributed by atoms with Crippen LogP contribution in [-0.2, 0) is 14.6 Å². The first kappa shape index (κ1) is 15.2. The Morgan fingerprint density at radius 1 is 1.27 bits per heavy atom.